The Hall–Kier alpha value is -0.340. The molecule has 1 fully saturated rings. The van der Waals surface area contributed by atoms with Gasteiger partial charge < -0.3 is 5.32 Å². The molecule has 1 heterocycles. The van der Waals surface area contributed by atoms with Crippen LogP contribution >= 0.6 is 11.3 Å². The molecular weight excluding hydrogens is 202 g/mol. The molecule has 84 valence electrons. The smallest absolute Gasteiger partial charge is 0.0304 e. The monoisotopic (exact) mass is 223 g/mol. The number of nitrogens with one attached hydrogen (secondary N) is 1. The fourth-order valence-electron chi connectivity index (χ4n) is 2.24. The summed E-state index contributed by atoms with van der Waals surface area (Å²) in [5.41, 5.74) is 0.483. The molecule has 1 saturated carbocycles. The number of thiophene rings is 1. The van der Waals surface area contributed by atoms with Crippen molar-refractivity contribution >= 4 is 11.3 Å². The second-order valence-corrected chi connectivity index (χ2v) is 5.82. The van der Waals surface area contributed by atoms with Crippen molar-refractivity contribution in [1.29, 1.82) is 0 Å². The lowest BCUT2D eigenvalue weighted by molar-refractivity contribution is 0.176. The van der Waals surface area contributed by atoms with Crippen LogP contribution in [0.1, 0.15) is 49.3 Å². The molecule has 0 saturated heterocycles. The van der Waals surface area contributed by atoms with Gasteiger partial charge in [-0.2, -0.15) is 0 Å². The molecule has 0 amide bonds. The van der Waals surface area contributed by atoms with Crippen molar-refractivity contribution < 1.29 is 0 Å². The number of hydrogen-bond acceptors (Lipinski definition) is 2. The van der Waals surface area contributed by atoms with E-state index in [-0.39, 0.29) is 0 Å². The van der Waals surface area contributed by atoms with Crippen LogP contribution in [0, 0.1) is 0 Å². The predicted molar refractivity (Wildman–Crippen MR) is 67.4 cm³/mol. The van der Waals surface area contributed by atoms with E-state index in [4.69, 9.17) is 0 Å². The number of rotatable bonds is 5. The minimum atomic E-state index is 0.483. The van der Waals surface area contributed by atoms with E-state index in [1.54, 1.807) is 0 Å². The van der Waals surface area contributed by atoms with Crippen molar-refractivity contribution in [2.75, 3.05) is 0 Å². The first-order valence-corrected chi connectivity index (χ1v) is 6.92. The summed E-state index contributed by atoms with van der Waals surface area (Å²) in [6, 6.07) is 4.54. The van der Waals surface area contributed by atoms with E-state index in [2.05, 4.69) is 31.3 Å². The van der Waals surface area contributed by atoms with E-state index < -0.39 is 0 Å². The van der Waals surface area contributed by atoms with E-state index in [1.807, 2.05) is 11.3 Å². The minimum Gasteiger partial charge on any atom is -0.306 e. The maximum atomic E-state index is 3.75. The zero-order valence-corrected chi connectivity index (χ0v) is 10.6. The molecule has 1 N–H and O–H groups in total. The third-order valence-electron chi connectivity index (χ3n) is 3.69. The lowest BCUT2D eigenvalue weighted by atomic mass is 9.75. The fourth-order valence-corrected chi connectivity index (χ4v) is 3.14. The number of hydrogen-bond donors (Lipinski definition) is 1. The molecule has 2 heteroatoms. The summed E-state index contributed by atoms with van der Waals surface area (Å²) < 4.78 is 0. The molecule has 1 aromatic heterocycles. The average molecular weight is 223 g/mol. The van der Waals surface area contributed by atoms with Crippen LogP contribution in [-0.2, 0) is 13.0 Å². The topological polar surface area (TPSA) is 12.0 Å². The zero-order valence-electron chi connectivity index (χ0n) is 9.81. The van der Waals surface area contributed by atoms with Crippen LogP contribution in [0.4, 0.5) is 0 Å². The molecule has 15 heavy (non-hydrogen) atoms. The predicted octanol–water partition coefficient (Wildman–Crippen LogP) is 3.73. The van der Waals surface area contributed by atoms with Gasteiger partial charge in [0.1, 0.15) is 0 Å². The Bertz CT molecular complexity index is 307. The molecule has 0 spiro atoms. The van der Waals surface area contributed by atoms with Crippen LogP contribution in [0.3, 0.4) is 0 Å². The molecule has 0 aromatic carbocycles. The van der Waals surface area contributed by atoms with E-state index in [1.165, 1.54) is 41.9 Å². The molecule has 0 unspecified atom stereocenters. The highest BCUT2D eigenvalue weighted by Crippen LogP contribution is 2.35. The molecule has 0 atom stereocenters. The van der Waals surface area contributed by atoms with Gasteiger partial charge in [0.2, 0.25) is 0 Å². The van der Waals surface area contributed by atoms with Gasteiger partial charge >= 0.3 is 0 Å². The van der Waals surface area contributed by atoms with Crippen LogP contribution < -0.4 is 5.32 Å². The second kappa shape index (κ2) is 4.67. The van der Waals surface area contributed by atoms with Crippen LogP contribution in [0.25, 0.3) is 0 Å². The molecule has 1 nitrogen and oxygen atoms in total. The van der Waals surface area contributed by atoms with E-state index in [0.29, 0.717) is 5.54 Å². The molecule has 0 bridgehead atoms. The van der Waals surface area contributed by atoms with Crippen molar-refractivity contribution in [3.8, 4) is 0 Å². The quantitative estimate of drug-likeness (QED) is 0.802. The van der Waals surface area contributed by atoms with E-state index in [0.717, 1.165) is 6.54 Å². The Morgan fingerprint density at radius 3 is 2.47 bits per heavy atom. The third kappa shape index (κ3) is 2.43. The van der Waals surface area contributed by atoms with Gasteiger partial charge in [0.25, 0.3) is 0 Å². The molecule has 1 aliphatic carbocycles. The third-order valence-corrected chi connectivity index (χ3v) is 4.92. The van der Waals surface area contributed by atoms with Crippen LogP contribution in [0.5, 0.6) is 0 Å². The van der Waals surface area contributed by atoms with Crippen molar-refractivity contribution in [3.05, 3.63) is 21.9 Å². The van der Waals surface area contributed by atoms with Crippen molar-refractivity contribution in [3.63, 3.8) is 0 Å². The van der Waals surface area contributed by atoms with Crippen LogP contribution in [-0.4, -0.2) is 5.54 Å². The van der Waals surface area contributed by atoms with Crippen LogP contribution in [0.2, 0.25) is 0 Å². The van der Waals surface area contributed by atoms with Gasteiger partial charge in [-0.3, -0.25) is 0 Å². The highest BCUT2D eigenvalue weighted by molar-refractivity contribution is 7.11. The van der Waals surface area contributed by atoms with Crippen molar-refractivity contribution in [2.24, 2.45) is 0 Å². The number of aryl methyl sites for hydroxylation is 1. The summed E-state index contributed by atoms with van der Waals surface area (Å²) in [5, 5.41) is 3.75. The van der Waals surface area contributed by atoms with Gasteiger partial charge in [-0.25, -0.2) is 0 Å². The summed E-state index contributed by atoms with van der Waals surface area (Å²) in [4.78, 5) is 3.00. The molecule has 1 aliphatic rings. The summed E-state index contributed by atoms with van der Waals surface area (Å²) in [6.45, 7) is 5.60. The van der Waals surface area contributed by atoms with Gasteiger partial charge in [-0.15, -0.1) is 11.3 Å². The van der Waals surface area contributed by atoms with Gasteiger partial charge in [0.05, 0.1) is 0 Å². The minimum absolute atomic E-state index is 0.483. The van der Waals surface area contributed by atoms with Gasteiger partial charge in [-0.05, 0) is 44.2 Å². The van der Waals surface area contributed by atoms with Crippen molar-refractivity contribution in [2.45, 2.75) is 58.0 Å². The van der Waals surface area contributed by atoms with Crippen molar-refractivity contribution in [1.82, 2.24) is 5.32 Å². The SMILES string of the molecule is CCc1ccc(CNC2(CC)CCC2)s1. The summed E-state index contributed by atoms with van der Waals surface area (Å²) in [6.07, 6.45) is 6.60. The second-order valence-electron chi connectivity index (χ2n) is 4.56. The first-order chi connectivity index (χ1) is 7.28. The molecule has 0 radical (unpaired) electrons. The first kappa shape index (κ1) is 11.2. The van der Waals surface area contributed by atoms with E-state index in [9.17, 15) is 0 Å². The fraction of sp³-hybridized carbons (Fsp3) is 0.692. The molecule has 2 rings (SSSR count). The van der Waals surface area contributed by atoms with Gasteiger partial charge in [0.15, 0.2) is 0 Å². The van der Waals surface area contributed by atoms with Gasteiger partial charge in [-0.1, -0.05) is 13.8 Å². The highest BCUT2D eigenvalue weighted by atomic mass is 32.1. The standard InChI is InChI=1S/C13H21NS/c1-3-11-6-7-12(15-11)10-14-13(4-2)8-5-9-13/h6-7,14H,3-5,8-10H2,1-2H3. The van der Waals surface area contributed by atoms with Crippen LogP contribution in [0.15, 0.2) is 12.1 Å². The summed E-state index contributed by atoms with van der Waals surface area (Å²) in [7, 11) is 0. The molecule has 1 aromatic rings. The largest absolute Gasteiger partial charge is 0.306 e. The maximum Gasteiger partial charge on any atom is 0.0304 e. The highest BCUT2D eigenvalue weighted by Gasteiger charge is 2.34. The van der Waals surface area contributed by atoms with Gasteiger partial charge in [0, 0.05) is 21.8 Å². The lowest BCUT2D eigenvalue weighted by Crippen LogP contribution is -2.49. The Balaban J connectivity index is 1.86. The zero-order chi connectivity index (χ0) is 10.7. The maximum absolute atomic E-state index is 3.75. The van der Waals surface area contributed by atoms with E-state index >= 15 is 0 Å². The Morgan fingerprint density at radius 1 is 1.27 bits per heavy atom. The molecular formula is C13H21NS. The Morgan fingerprint density at radius 2 is 2.00 bits per heavy atom. The Labute approximate surface area is 96.9 Å². The normalized spacial score (nSPS) is 18.8. The first-order valence-electron chi connectivity index (χ1n) is 6.10. The average Bonchev–Trinajstić information content (AvgIpc) is 2.65. The molecule has 0 aliphatic heterocycles. The Kier molecular flexibility index (Phi) is 3.47. The lowest BCUT2D eigenvalue weighted by Gasteiger charge is -2.42. The summed E-state index contributed by atoms with van der Waals surface area (Å²) >= 11 is 1.96. The summed E-state index contributed by atoms with van der Waals surface area (Å²) in [5.74, 6) is 0.